The van der Waals surface area contributed by atoms with Gasteiger partial charge in [0.25, 0.3) is 0 Å². The quantitative estimate of drug-likeness (QED) is 0.494. The first-order valence-corrected chi connectivity index (χ1v) is 8.69. The van der Waals surface area contributed by atoms with Crippen LogP contribution in [0.15, 0.2) is 59.5 Å². The van der Waals surface area contributed by atoms with E-state index in [9.17, 15) is 4.79 Å². The van der Waals surface area contributed by atoms with Crippen LogP contribution in [0, 0.1) is 5.92 Å². The van der Waals surface area contributed by atoms with Crippen LogP contribution < -0.4 is 5.32 Å². The summed E-state index contributed by atoms with van der Waals surface area (Å²) in [5.74, 6) is 0.250. The summed E-state index contributed by atoms with van der Waals surface area (Å²) < 4.78 is 5.86. The summed E-state index contributed by atoms with van der Waals surface area (Å²) in [7, 11) is 0. The molecule has 0 spiro atoms. The van der Waals surface area contributed by atoms with E-state index < -0.39 is 0 Å². The van der Waals surface area contributed by atoms with E-state index in [-0.39, 0.29) is 11.7 Å². The number of furan rings is 1. The van der Waals surface area contributed by atoms with Gasteiger partial charge in [0.05, 0.1) is 11.9 Å². The summed E-state index contributed by atoms with van der Waals surface area (Å²) in [6.07, 6.45) is 7.70. The number of fused-ring (bicyclic) bond motifs is 2. The van der Waals surface area contributed by atoms with Gasteiger partial charge in [0.15, 0.2) is 11.3 Å². The maximum Gasteiger partial charge on any atom is 0.203 e. The zero-order chi connectivity index (χ0) is 18.1. The maximum atomic E-state index is 12.8. The molecule has 5 nitrogen and oxygen atoms in total. The minimum Gasteiger partial charge on any atom is -0.449 e. The third-order valence-corrected chi connectivity index (χ3v) is 4.69. The molecule has 0 fully saturated rings. The van der Waals surface area contributed by atoms with Crippen LogP contribution in [0.1, 0.15) is 30.8 Å². The number of nitrogens with one attached hydrogen (secondary N) is 1. The molecule has 0 aliphatic rings. The molecule has 1 atom stereocenters. The van der Waals surface area contributed by atoms with Crippen LogP contribution in [0.4, 0.5) is 11.4 Å². The highest BCUT2D eigenvalue weighted by atomic mass is 16.3. The van der Waals surface area contributed by atoms with E-state index in [2.05, 4.69) is 15.3 Å². The van der Waals surface area contributed by atoms with Gasteiger partial charge in [-0.1, -0.05) is 19.9 Å². The lowest BCUT2D eigenvalue weighted by molar-refractivity contribution is 0.0902. The molecule has 5 heteroatoms. The van der Waals surface area contributed by atoms with Gasteiger partial charge in [-0.05, 0) is 36.1 Å². The molecule has 1 aromatic carbocycles. The number of aromatic nitrogens is 2. The highest BCUT2D eigenvalue weighted by Gasteiger charge is 2.24. The van der Waals surface area contributed by atoms with Gasteiger partial charge in [-0.25, -0.2) is 0 Å². The molecule has 0 aliphatic carbocycles. The molecule has 0 aliphatic heterocycles. The second-order valence-corrected chi connectivity index (χ2v) is 6.41. The first-order valence-electron chi connectivity index (χ1n) is 8.69. The second-order valence-electron chi connectivity index (χ2n) is 6.41. The van der Waals surface area contributed by atoms with E-state index in [1.165, 1.54) is 0 Å². The summed E-state index contributed by atoms with van der Waals surface area (Å²) in [5, 5.41) is 6.38. The molecule has 3 heterocycles. The largest absolute Gasteiger partial charge is 0.449 e. The van der Waals surface area contributed by atoms with E-state index >= 15 is 0 Å². The lowest BCUT2D eigenvalue weighted by Gasteiger charge is -2.10. The molecule has 1 N–H and O–H groups in total. The first kappa shape index (κ1) is 16.3. The molecule has 0 radical (unpaired) electrons. The Bertz CT molecular complexity index is 1100. The van der Waals surface area contributed by atoms with Gasteiger partial charge in [0.1, 0.15) is 0 Å². The van der Waals surface area contributed by atoms with Crippen LogP contribution >= 0.6 is 0 Å². The van der Waals surface area contributed by atoms with E-state index in [4.69, 9.17) is 4.42 Å². The van der Waals surface area contributed by atoms with Crippen molar-refractivity contribution >= 4 is 38.9 Å². The molecule has 4 rings (SSSR count). The fraction of sp³-hybridized carbons (Fsp3) is 0.190. The van der Waals surface area contributed by atoms with Crippen LogP contribution in [-0.4, -0.2) is 15.8 Å². The lowest BCUT2D eigenvalue weighted by Crippen LogP contribution is -2.11. The van der Waals surface area contributed by atoms with Crippen molar-refractivity contribution in [3.05, 3.63) is 60.9 Å². The summed E-state index contributed by atoms with van der Waals surface area (Å²) >= 11 is 0. The van der Waals surface area contributed by atoms with Crippen LogP contribution in [0.2, 0.25) is 0 Å². The molecule has 0 saturated carbocycles. The molecule has 0 bridgehead atoms. The number of carbonyl (C=O) groups is 1. The minimum atomic E-state index is -0.105. The van der Waals surface area contributed by atoms with Crippen molar-refractivity contribution in [2.75, 3.05) is 5.32 Å². The number of rotatable bonds is 5. The fourth-order valence-corrected chi connectivity index (χ4v) is 2.96. The number of hydrogen-bond donors (Lipinski definition) is 1. The molecular weight excluding hydrogens is 326 g/mol. The summed E-state index contributed by atoms with van der Waals surface area (Å²) in [5.41, 5.74) is 2.19. The smallest absolute Gasteiger partial charge is 0.203 e. The minimum absolute atomic E-state index is 0.00353. The number of hydrogen-bond acceptors (Lipinski definition) is 5. The van der Waals surface area contributed by atoms with Gasteiger partial charge in [0, 0.05) is 41.0 Å². The van der Waals surface area contributed by atoms with E-state index in [1.54, 1.807) is 18.6 Å². The molecular formula is C21H19N3O2. The predicted octanol–water partition coefficient (Wildman–Crippen LogP) is 5.35. The van der Waals surface area contributed by atoms with E-state index in [0.29, 0.717) is 17.0 Å². The van der Waals surface area contributed by atoms with Crippen molar-refractivity contribution < 1.29 is 9.21 Å². The Kier molecular flexibility index (Phi) is 4.13. The molecule has 1 unspecified atom stereocenters. The van der Waals surface area contributed by atoms with Crippen molar-refractivity contribution in [3.63, 3.8) is 0 Å². The van der Waals surface area contributed by atoms with E-state index in [1.807, 2.05) is 50.4 Å². The number of ketones is 1. The van der Waals surface area contributed by atoms with Gasteiger partial charge < -0.3 is 9.73 Å². The number of carbonyl (C=O) groups excluding carboxylic acids is 1. The highest BCUT2D eigenvalue weighted by molar-refractivity contribution is 6.08. The predicted molar refractivity (Wildman–Crippen MR) is 103 cm³/mol. The normalized spacial score (nSPS) is 12.4. The number of benzene rings is 1. The number of nitrogens with zero attached hydrogens (tertiary/aromatic N) is 2. The number of anilines is 2. The molecule has 0 saturated heterocycles. The Hall–Kier alpha value is -3.21. The maximum absolute atomic E-state index is 12.8. The second kappa shape index (κ2) is 6.59. The fourth-order valence-electron chi connectivity index (χ4n) is 2.96. The monoisotopic (exact) mass is 345 g/mol. The molecule has 26 heavy (non-hydrogen) atoms. The van der Waals surface area contributed by atoms with Gasteiger partial charge in [-0.2, -0.15) is 0 Å². The Labute approximate surface area is 151 Å². The Morgan fingerprint density at radius 3 is 2.77 bits per heavy atom. The van der Waals surface area contributed by atoms with Crippen LogP contribution in [-0.2, 0) is 0 Å². The highest BCUT2D eigenvalue weighted by Crippen LogP contribution is 2.35. The van der Waals surface area contributed by atoms with Crippen LogP contribution in [0.5, 0.6) is 0 Å². The van der Waals surface area contributed by atoms with E-state index in [0.717, 1.165) is 28.3 Å². The third-order valence-electron chi connectivity index (χ3n) is 4.69. The van der Waals surface area contributed by atoms with Crippen molar-refractivity contribution in [2.45, 2.75) is 20.3 Å². The molecule has 130 valence electrons. The molecule has 0 amide bonds. The molecule has 3 aromatic heterocycles. The van der Waals surface area contributed by atoms with Crippen molar-refractivity contribution in [1.29, 1.82) is 0 Å². The van der Waals surface area contributed by atoms with Crippen LogP contribution in [0.3, 0.4) is 0 Å². The SMILES string of the molecule is CCC(C)C(=O)c1oc2cnccc2c1Nc1ccc2cnccc2c1. The van der Waals surface area contributed by atoms with Gasteiger partial charge >= 0.3 is 0 Å². The summed E-state index contributed by atoms with van der Waals surface area (Å²) in [4.78, 5) is 21.0. The van der Waals surface area contributed by atoms with Gasteiger partial charge in [-0.3, -0.25) is 14.8 Å². The Morgan fingerprint density at radius 2 is 1.92 bits per heavy atom. The third kappa shape index (κ3) is 2.81. The van der Waals surface area contributed by atoms with Crippen molar-refractivity contribution in [3.8, 4) is 0 Å². The Balaban J connectivity index is 1.82. The van der Waals surface area contributed by atoms with Crippen molar-refractivity contribution in [2.24, 2.45) is 5.92 Å². The topological polar surface area (TPSA) is 68.0 Å². The van der Waals surface area contributed by atoms with Gasteiger partial charge in [0.2, 0.25) is 5.78 Å². The first-order chi connectivity index (χ1) is 12.7. The average molecular weight is 345 g/mol. The number of Topliss-reactive ketones (excluding diaryl/α,β-unsaturated/α-hetero) is 1. The van der Waals surface area contributed by atoms with Crippen molar-refractivity contribution in [1.82, 2.24) is 9.97 Å². The zero-order valence-corrected chi connectivity index (χ0v) is 14.7. The average Bonchev–Trinajstić information content (AvgIpc) is 3.05. The Morgan fingerprint density at radius 1 is 1.12 bits per heavy atom. The summed E-state index contributed by atoms with van der Waals surface area (Å²) in [6.45, 7) is 3.91. The molecule has 4 aromatic rings. The summed E-state index contributed by atoms with van der Waals surface area (Å²) in [6, 6.07) is 9.84. The standard InChI is InChI=1S/C21H19N3O2/c1-3-13(2)20(25)21-19(17-7-9-23-12-18(17)26-21)24-16-5-4-15-11-22-8-6-14(15)10-16/h4-13,24H,3H2,1-2H3. The van der Waals surface area contributed by atoms with Gasteiger partial charge in [-0.15, -0.1) is 0 Å². The number of pyridine rings is 2. The lowest BCUT2D eigenvalue weighted by atomic mass is 10.0. The zero-order valence-electron chi connectivity index (χ0n) is 14.7. The van der Waals surface area contributed by atoms with Crippen LogP contribution in [0.25, 0.3) is 21.7 Å².